The van der Waals surface area contributed by atoms with Crippen LogP contribution >= 0.6 is 11.6 Å². The molecule has 0 radical (unpaired) electrons. The Labute approximate surface area is 208 Å². The minimum absolute atomic E-state index is 0.173. The highest BCUT2D eigenvalue weighted by Gasteiger charge is 2.13. The second-order valence-electron chi connectivity index (χ2n) is 7.66. The lowest BCUT2D eigenvalue weighted by atomic mass is 10.2. The van der Waals surface area contributed by atoms with Gasteiger partial charge in [-0.15, -0.1) is 15.3 Å². The normalized spacial score (nSPS) is 10.8. The van der Waals surface area contributed by atoms with E-state index in [2.05, 4.69) is 25.9 Å². The summed E-state index contributed by atoms with van der Waals surface area (Å²) in [5, 5.41) is 19.9. The van der Waals surface area contributed by atoms with E-state index in [1.807, 2.05) is 56.3 Å². The zero-order valence-electron chi connectivity index (χ0n) is 19.6. The third-order valence-electron chi connectivity index (χ3n) is 5.13. The SMILES string of the molecule is CCOc1ccc(OCC)c(NC(=O)CCc2nnc3ccc(NCc4ccc(Cl)cc4)nn23)c1. The summed E-state index contributed by atoms with van der Waals surface area (Å²) in [6.45, 7) is 5.42. The van der Waals surface area contributed by atoms with E-state index in [1.165, 1.54) is 0 Å². The molecule has 0 fully saturated rings. The molecule has 0 spiro atoms. The van der Waals surface area contributed by atoms with Crippen molar-refractivity contribution in [2.45, 2.75) is 33.2 Å². The van der Waals surface area contributed by atoms with Crippen molar-refractivity contribution in [3.63, 3.8) is 0 Å². The maximum absolute atomic E-state index is 12.7. The number of ether oxygens (including phenoxy) is 2. The van der Waals surface area contributed by atoms with Crippen molar-refractivity contribution in [1.29, 1.82) is 0 Å². The van der Waals surface area contributed by atoms with Gasteiger partial charge < -0.3 is 20.1 Å². The van der Waals surface area contributed by atoms with Gasteiger partial charge in [-0.2, -0.15) is 4.52 Å². The topological polar surface area (TPSA) is 103 Å². The Morgan fingerprint density at radius 1 is 1.00 bits per heavy atom. The fraction of sp³-hybridized carbons (Fsp3) is 0.280. The fourth-order valence-corrected chi connectivity index (χ4v) is 3.59. The molecule has 0 aliphatic heterocycles. The number of aromatic nitrogens is 4. The van der Waals surface area contributed by atoms with E-state index in [9.17, 15) is 4.79 Å². The van der Waals surface area contributed by atoms with Crippen molar-refractivity contribution < 1.29 is 14.3 Å². The van der Waals surface area contributed by atoms with Crippen molar-refractivity contribution in [1.82, 2.24) is 19.8 Å². The molecule has 2 aromatic heterocycles. The van der Waals surface area contributed by atoms with Gasteiger partial charge in [0.05, 0.1) is 18.9 Å². The number of aryl methyl sites for hydroxylation is 1. The number of nitrogens with one attached hydrogen (secondary N) is 2. The molecule has 35 heavy (non-hydrogen) atoms. The Hall–Kier alpha value is -3.85. The number of carbonyl (C=O) groups excluding carboxylic acids is 1. The fourth-order valence-electron chi connectivity index (χ4n) is 3.46. The number of benzene rings is 2. The third-order valence-corrected chi connectivity index (χ3v) is 5.38. The average Bonchev–Trinajstić information content (AvgIpc) is 3.26. The number of hydrogen-bond donors (Lipinski definition) is 2. The molecule has 9 nitrogen and oxygen atoms in total. The molecule has 0 unspecified atom stereocenters. The molecule has 182 valence electrons. The zero-order valence-corrected chi connectivity index (χ0v) is 20.4. The lowest BCUT2D eigenvalue weighted by molar-refractivity contribution is -0.116. The molecule has 0 saturated heterocycles. The lowest BCUT2D eigenvalue weighted by Gasteiger charge is -2.13. The highest BCUT2D eigenvalue weighted by molar-refractivity contribution is 6.30. The van der Waals surface area contributed by atoms with Crippen LogP contribution in [0.2, 0.25) is 5.02 Å². The van der Waals surface area contributed by atoms with E-state index in [4.69, 9.17) is 21.1 Å². The summed E-state index contributed by atoms with van der Waals surface area (Å²) in [5.41, 5.74) is 2.26. The first-order chi connectivity index (χ1) is 17.1. The number of carbonyl (C=O) groups is 1. The number of amides is 1. The van der Waals surface area contributed by atoms with E-state index in [-0.39, 0.29) is 12.3 Å². The zero-order chi connectivity index (χ0) is 24.6. The molecule has 0 aliphatic carbocycles. The number of halogens is 1. The van der Waals surface area contributed by atoms with Gasteiger partial charge >= 0.3 is 0 Å². The first-order valence-electron chi connectivity index (χ1n) is 11.4. The first kappa shape index (κ1) is 24.3. The highest BCUT2D eigenvalue weighted by Crippen LogP contribution is 2.29. The number of nitrogens with zero attached hydrogens (tertiary/aromatic N) is 4. The van der Waals surface area contributed by atoms with Crippen LogP contribution in [0.4, 0.5) is 11.5 Å². The Bertz CT molecular complexity index is 1290. The van der Waals surface area contributed by atoms with Gasteiger partial charge in [0.25, 0.3) is 0 Å². The van der Waals surface area contributed by atoms with E-state index >= 15 is 0 Å². The maximum Gasteiger partial charge on any atom is 0.224 e. The molecule has 10 heteroatoms. The summed E-state index contributed by atoms with van der Waals surface area (Å²) in [6, 6.07) is 16.7. The summed E-state index contributed by atoms with van der Waals surface area (Å²) < 4.78 is 12.8. The molecule has 0 atom stereocenters. The minimum Gasteiger partial charge on any atom is -0.494 e. The molecule has 2 N–H and O–H groups in total. The van der Waals surface area contributed by atoms with E-state index in [0.717, 1.165) is 5.56 Å². The molecule has 4 aromatic rings. The third kappa shape index (κ3) is 6.39. The molecular weight excluding hydrogens is 468 g/mol. The summed E-state index contributed by atoms with van der Waals surface area (Å²) in [6.07, 6.45) is 0.574. The Kier molecular flexibility index (Phi) is 7.99. The quantitative estimate of drug-likeness (QED) is 0.310. The molecule has 1 amide bonds. The van der Waals surface area contributed by atoms with E-state index in [0.29, 0.717) is 65.7 Å². The summed E-state index contributed by atoms with van der Waals surface area (Å²) in [5.74, 6) is 2.35. The maximum atomic E-state index is 12.7. The van der Waals surface area contributed by atoms with Crippen molar-refractivity contribution in [3.8, 4) is 11.5 Å². The van der Waals surface area contributed by atoms with E-state index < -0.39 is 0 Å². The van der Waals surface area contributed by atoms with Crippen LogP contribution < -0.4 is 20.1 Å². The first-order valence-corrected chi connectivity index (χ1v) is 11.8. The lowest BCUT2D eigenvalue weighted by Crippen LogP contribution is -2.15. The van der Waals surface area contributed by atoms with Gasteiger partial charge in [0.15, 0.2) is 11.5 Å². The van der Waals surface area contributed by atoms with Crippen LogP contribution in [0.25, 0.3) is 5.65 Å². The van der Waals surface area contributed by atoms with Crippen molar-refractivity contribution in [2.75, 3.05) is 23.8 Å². The molecular formula is C25H27ClN6O3. The minimum atomic E-state index is -0.173. The largest absolute Gasteiger partial charge is 0.494 e. The number of fused-ring (bicyclic) bond motifs is 1. The molecule has 0 bridgehead atoms. The monoisotopic (exact) mass is 494 g/mol. The number of rotatable bonds is 11. The predicted octanol–water partition coefficient (Wildman–Crippen LogP) is 4.76. The Morgan fingerprint density at radius 3 is 2.57 bits per heavy atom. The van der Waals surface area contributed by atoms with Gasteiger partial charge in [-0.05, 0) is 55.8 Å². The van der Waals surface area contributed by atoms with Crippen molar-refractivity contribution >= 4 is 34.7 Å². The molecule has 0 aliphatic rings. The van der Waals surface area contributed by atoms with Crippen LogP contribution in [0.3, 0.4) is 0 Å². The van der Waals surface area contributed by atoms with Crippen LogP contribution in [-0.4, -0.2) is 38.9 Å². The second-order valence-corrected chi connectivity index (χ2v) is 8.09. The van der Waals surface area contributed by atoms with Crippen LogP contribution in [0.15, 0.2) is 54.6 Å². The Balaban J connectivity index is 1.40. The van der Waals surface area contributed by atoms with Gasteiger partial charge in [-0.25, -0.2) is 0 Å². The van der Waals surface area contributed by atoms with E-state index in [1.54, 1.807) is 16.6 Å². The van der Waals surface area contributed by atoms with Crippen LogP contribution in [-0.2, 0) is 17.8 Å². The summed E-state index contributed by atoms with van der Waals surface area (Å²) in [7, 11) is 0. The average molecular weight is 495 g/mol. The van der Waals surface area contributed by atoms with Crippen LogP contribution in [0, 0.1) is 0 Å². The standard InChI is InChI=1S/C25H27ClN6O3/c1-3-34-19-9-10-21(35-4-2)20(15-19)28-25(33)14-13-24-30-29-23-12-11-22(31-32(23)24)27-16-17-5-7-18(26)8-6-17/h5-12,15H,3-4,13-14,16H2,1-2H3,(H,27,31)(H,28,33). The highest BCUT2D eigenvalue weighted by atomic mass is 35.5. The smallest absolute Gasteiger partial charge is 0.224 e. The predicted molar refractivity (Wildman–Crippen MR) is 135 cm³/mol. The summed E-state index contributed by atoms with van der Waals surface area (Å²) in [4.78, 5) is 12.7. The van der Waals surface area contributed by atoms with Gasteiger partial charge in [0, 0.05) is 30.5 Å². The molecule has 0 saturated carbocycles. The van der Waals surface area contributed by atoms with Gasteiger partial charge in [0.2, 0.25) is 5.91 Å². The van der Waals surface area contributed by atoms with Gasteiger partial charge in [-0.1, -0.05) is 23.7 Å². The van der Waals surface area contributed by atoms with Crippen LogP contribution in [0.5, 0.6) is 11.5 Å². The molecule has 2 aromatic carbocycles. The van der Waals surface area contributed by atoms with Crippen molar-refractivity contribution in [3.05, 3.63) is 71.0 Å². The number of anilines is 2. The van der Waals surface area contributed by atoms with Gasteiger partial charge in [-0.3, -0.25) is 4.79 Å². The van der Waals surface area contributed by atoms with Gasteiger partial charge in [0.1, 0.15) is 17.3 Å². The molecule has 2 heterocycles. The van der Waals surface area contributed by atoms with Crippen LogP contribution in [0.1, 0.15) is 31.7 Å². The second kappa shape index (κ2) is 11.5. The molecule has 4 rings (SSSR count). The summed E-state index contributed by atoms with van der Waals surface area (Å²) >= 11 is 5.95. The Morgan fingerprint density at radius 2 is 1.80 bits per heavy atom. The van der Waals surface area contributed by atoms with Crippen molar-refractivity contribution in [2.24, 2.45) is 0 Å². The number of hydrogen-bond acceptors (Lipinski definition) is 7.